The number of benzene rings is 1. The van der Waals surface area contributed by atoms with Gasteiger partial charge in [-0.25, -0.2) is 4.39 Å². The average molecular weight is 252 g/mol. The van der Waals surface area contributed by atoms with Crippen LogP contribution in [0.1, 0.15) is 18.1 Å². The van der Waals surface area contributed by atoms with Crippen LogP contribution in [-0.2, 0) is 5.92 Å². The number of rotatable bonds is 0. The summed E-state index contributed by atoms with van der Waals surface area (Å²) in [5.74, 6) is -4.99. The predicted octanol–water partition coefficient (Wildman–Crippen LogP) is 3.80. The number of aryl methyl sites for hydroxylation is 1. The highest BCUT2D eigenvalue weighted by Gasteiger charge is 2.73. The summed E-state index contributed by atoms with van der Waals surface area (Å²) in [5.41, 5.74) is -4.47. The van der Waals surface area contributed by atoms with Crippen molar-refractivity contribution in [2.45, 2.75) is 31.5 Å². The first kappa shape index (κ1) is 12.1. The molecule has 2 rings (SSSR count). The van der Waals surface area contributed by atoms with Gasteiger partial charge in [0.2, 0.25) is 0 Å². The first-order valence-electron chi connectivity index (χ1n) is 4.84. The average Bonchev–Trinajstić information content (AvgIpc) is 2.14. The molecule has 0 aliphatic carbocycles. The van der Waals surface area contributed by atoms with Crippen LogP contribution >= 0.6 is 0 Å². The Hall–Kier alpha value is -1.33. The van der Waals surface area contributed by atoms with E-state index in [1.54, 1.807) is 0 Å². The fourth-order valence-corrected chi connectivity index (χ4v) is 1.64. The highest BCUT2D eigenvalue weighted by Crippen LogP contribution is 2.56. The van der Waals surface area contributed by atoms with Crippen LogP contribution in [0.2, 0.25) is 0 Å². The smallest absolute Gasteiger partial charge is 0.429 e. The Morgan fingerprint density at radius 2 is 1.65 bits per heavy atom. The number of hydrogen-bond acceptors (Lipinski definition) is 1. The van der Waals surface area contributed by atoms with Crippen molar-refractivity contribution in [3.63, 3.8) is 0 Å². The standard InChI is InChI=1S/C11H9F5O/c1-6-3-4-7-8(5-6)17-11(15,16)9(2,12)10(7,13)14/h3-5H,1-2H3. The van der Waals surface area contributed by atoms with Crippen LogP contribution in [0.25, 0.3) is 0 Å². The molecule has 1 heterocycles. The normalized spacial score (nSPS) is 29.4. The Balaban J connectivity index is 2.69. The SMILES string of the molecule is Cc1ccc2c(c1)OC(F)(F)C(C)(F)C2(F)F. The van der Waals surface area contributed by atoms with Gasteiger partial charge in [-0.1, -0.05) is 6.07 Å². The van der Waals surface area contributed by atoms with Crippen LogP contribution in [0.15, 0.2) is 18.2 Å². The Kier molecular flexibility index (Phi) is 2.22. The van der Waals surface area contributed by atoms with Crippen molar-refractivity contribution in [2.24, 2.45) is 0 Å². The van der Waals surface area contributed by atoms with Crippen LogP contribution in [0.3, 0.4) is 0 Å². The lowest BCUT2D eigenvalue weighted by atomic mass is 9.88. The van der Waals surface area contributed by atoms with Crippen molar-refractivity contribution < 1.29 is 26.7 Å². The van der Waals surface area contributed by atoms with Gasteiger partial charge < -0.3 is 4.74 Å². The number of fused-ring (bicyclic) bond motifs is 1. The molecule has 0 N–H and O–H groups in total. The van der Waals surface area contributed by atoms with Crippen molar-refractivity contribution in [1.82, 2.24) is 0 Å². The minimum Gasteiger partial charge on any atom is -0.429 e. The van der Waals surface area contributed by atoms with Crippen LogP contribution in [0.4, 0.5) is 22.0 Å². The van der Waals surface area contributed by atoms with E-state index in [4.69, 9.17) is 0 Å². The Bertz CT molecular complexity index is 467. The summed E-state index contributed by atoms with van der Waals surface area (Å²) >= 11 is 0. The van der Waals surface area contributed by atoms with E-state index in [2.05, 4.69) is 4.74 Å². The molecule has 1 atom stereocenters. The quantitative estimate of drug-likeness (QED) is 0.638. The first-order chi connectivity index (χ1) is 7.59. The largest absolute Gasteiger partial charge is 0.439 e. The summed E-state index contributed by atoms with van der Waals surface area (Å²) in [6.07, 6.45) is -4.57. The van der Waals surface area contributed by atoms with E-state index in [9.17, 15) is 22.0 Å². The molecule has 0 saturated carbocycles. The van der Waals surface area contributed by atoms with Crippen molar-refractivity contribution in [3.05, 3.63) is 29.3 Å². The van der Waals surface area contributed by atoms with Gasteiger partial charge in [-0.3, -0.25) is 0 Å². The third kappa shape index (κ3) is 1.42. The maximum Gasteiger partial charge on any atom is 0.439 e. The third-order valence-electron chi connectivity index (χ3n) is 2.85. The topological polar surface area (TPSA) is 9.23 Å². The summed E-state index contributed by atoms with van der Waals surface area (Å²) < 4.78 is 71.4. The second-order valence-electron chi connectivity index (χ2n) is 4.20. The van der Waals surface area contributed by atoms with Crippen LogP contribution in [0.5, 0.6) is 5.75 Å². The fraction of sp³-hybridized carbons (Fsp3) is 0.455. The van der Waals surface area contributed by atoms with Crippen molar-refractivity contribution >= 4 is 0 Å². The van der Waals surface area contributed by atoms with Crippen LogP contribution < -0.4 is 4.74 Å². The molecule has 0 amide bonds. The van der Waals surface area contributed by atoms with Gasteiger partial charge in [0.1, 0.15) is 5.75 Å². The number of halogens is 5. The van der Waals surface area contributed by atoms with E-state index in [1.807, 2.05) is 0 Å². The Morgan fingerprint density at radius 3 is 2.24 bits per heavy atom. The van der Waals surface area contributed by atoms with Gasteiger partial charge in [0, 0.05) is 0 Å². The Morgan fingerprint density at radius 1 is 1.06 bits per heavy atom. The highest BCUT2D eigenvalue weighted by atomic mass is 19.3. The van der Waals surface area contributed by atoms with Gasteiger partial charge in [0.15, 0.2) is 0 Å². The summed E-state index contributed by atoms with van der Waals surface area (Å²) in [6.45, 7) is 1.67. The molecule has 1 aromatic carbocycles. The van der Waals surface area contributed by atoms with Crippen LogP contribution in [0, 0.1) is 6.92 Å². The van der Waals surface area contributed by atoms with Gasteiger partial charge in [0.05, 0.1) is 5.56 Å². The molecule has 1 aliphatic rings. The lowest BCUT2D eigenvalue weighted by Crippen LogP contribution is -2.59. The van der Waals surface area contributed by atoms with Gasteiger partial charge in [-0.05, 0) is 31.5 Å². The van der Waals surface area contributed by atoms with E-state index in [1.165, 1.54) is 13.0 Å². The monoisotopic (exact) mass is 252 g/mol. The molecule has 1 nitrogen and oxygen atoms in total. The molecule has 17 heavy (non-hydrogen) atoms. The van der Waals surface area contributed by atoms with E-state index < -0.39 is 29.0 Å². The first-order valence-corrected chi connectivity index (χ1v) is 4.84. The van der Waals surface area contributed by atoms with E-state index >= 15 is 0 Å². The molecule has 0 radical (unpaired) electrons. The fourth-order valence-electron chi connectivity index (χ4n) is 1.64. The zero-order chi connectivity index (χ0) is 13.1. The van der Waals surface area contributed by atoms with Gasteiger partial charge in [-0.2, -0.15) is 17.6 Å². The summed E-state index contributed by atoms with van der Waals surface area (Å²) in [6, 6.07) is 3.22. The zero-order valence-corrected chi connectivity index (χ0v) is 9.03. The molecule has 1 aliphatic heterocycles. The van der Waals surface area contributed by atoms with E-state index in [-0.39, 0.29) is 6.92 Å². The summed E-state index contributed by atoms with van der Waals surface area (Å²) in [7, 11) is 0. The molecule has 94 valence electrons. The van der Waals surface area contributed by atoms with Gasteiger partial charge >= 0.3 is 12.0 Å². The molecular formula is C11H9F5O. The van der Waals surface area contributed by atoms with Gasteiger partial charge in [0.25, 0.3) is 5.67 Å². The molecule has 0 spiro atoms. The van der Waals surface area contributed by atoms with E-state index in [0.717, 1.165) is 12.1 Å². The summed E-state index contributed by atoms with van der Waals surface area (Å²) in [4.78, 5) is 0. The number of hydrogen-bond donors (Lipinski definition) is 0. The lowest BCUT2D eigenvalue weighted by molar-refractivity contribution is -0.335. The van der Waals surface area contributed by atoms with Gasteiger partial charge in [-0.15, -0.1) is 0 Å². The molecule has 0 saturated heterocycles. The molecule has 1 aromatic rings. The molecule has 1 unspecified atom stereocenters. The van der Waals surface area contributed by atoms with Crippen molar-refractivity contribution in [3.8, 4) is 5.75 Å². The summed E-state index contributed by atoms with van der Waals surface area (Å²) in [5, 5.41) is 0. The zero-order valence-electron chi connectivity index (χ0n) is 9.03. The molecule has 0 fully saturated rings. The van der Waals surface area contributed by atoms with E-state index in [0.29, 0.717) is 5.56 Å². The second-order valence-corrected chi connectivity index (χ2v) is 4.20. The minimum absolute atomic E-state index is 0.135. The predicted molar refractivity (Wildman–Crippen MR) is 50.2 cm³/mol. The van der Waals surface area contributed by atoms with Crippen molar-refractivity contribution in [2.75, 3.05) is 0 Å². The maximum atomic E-state index is 13.7. The number of alkyl halides is 5. The second kappa shape index (κ2) is 3.11. The molecule has 6 heteroatoms. The third-order valence-corrected chi connectivity index (χ3v) is 2.85. The number of ether oxygens (including phenoxy) is 1. The van der Waals surface area contributed by atoms with Crippen LogP contribution in [-0.4, -0.2) is 11.8 Å². The molecular weight excluding hydrogens is 243 g/mol. The molecule has 0 bridgehead atoms. The molecule has 0 aromatic heterocycles. The lowest BCUT2D eigenvalue weighted by Gasteiger charge is -2.40. The maximum absolute atomic E-state index is 13.7. The highest BCUT2D eigenvalue weighted by molar-refractivity contribution is 5.44. The van der Waals surface area contributed by atoms with Crippen molar-refractivity contribution in [1.29, 1.82) is 0 Å². The minimum atomic E-state index is -4.57. The Labute approximate surface area is 94.2 Å².